The second-order valence-corrected chi connectivity index (χ2v) is 29.7. The van der Waals surface area contributed by atoms with E-state index in [0.29, 0.717) is 17.6 Å². The van der Waals surface area contributed by atoms with E-state index in [1.807, 2.05) is 0 Å². The molecule has 83 heavy (non-hydrogen) atoms. The van der Waals surface area contributed by atoms with Crippen LogP contribution in [0.5, 0.6) is 0 Å². The van der Waals surface area contributed by atoms with E-state index in [9.17, 15) is 0 Å². The zero-order valence-electron chi connectivity index (χ0n) is 44.9. The van der Waals surface area contributed by atoms with Gasteiger partial charge in [-0.15, -0.1) is 0 Å². The summed E-state index contributed by atoms with van der Waals surface area (Å²) >= 11 is 0. The van der Waals surface area contributed by atoms with Gasteiger partial charge in [-0.05, 0) is 102 Å². The molecule has 8 heteroatoms. The second kappa shape index (κ2) is 17.5. The highest BCUT2D eigenvalue weighted by atomic mass is 28.3. The lowest BCUT2D eigenvalue weighted by Crippen LogP contribution is -2.76. The molecule has 2 aliphatic rings. The van der Waals surface area contributed by atoms with Gasteiger partial charge in [0.15, 0.2) is 27.8 Å². The number of nitrogens with zero attached hydrogens (tertiary/aromatic N) is 6. The standard InChI is InChI=1S/C75H48N6Si2/c1-5-23-51(24-6-1)82(52-25-7-2-8-26-52)67-39-19-17-37-65(67)79-63-45-43-49(47-59(63)57-33-21-41-69(82)71(57)79)73-76-74(78-75(77-73)81-61-35-15-13-31-55(61)56-32-14-16-36-62(56)81)50-44-46-64-60(48-50)58-34-22-42-70-72(58)80(64)66-38-18-20-40-68(66)83(70,53-27-9-3-10-28-53)54-29-11-4-12-30-54/h1-48H. The average molecular weight is 1090 g/mol. The van der Waals surface area contributed by atoms with E-state index < -0.39 is 16.1 Å². The van der Waals surface area contributed by atoms with E-state index >= 15 is 0 Å². The van der Waals surface area contributed by atoms with Crippen LogP contribution in [-0.4, -0.2) is 44.8 Å². The monoisotopic (exact) mass is 1090 g/mol. The lowest BCUT2D eigenvalue weighted by molar-refractivity contribution is 0.954. The molecule has 0 amide bonds. The van der Waals surface area contributed by atoms with Gasteiger partial charge in [-0.1, -0.05) is 231 Å². The van der Waals surface area contributed by atoms with Crippen molar-refractivity contribution in [3.8, 4) is 40.1 Å². The van der Waals surface area contributed by atoms with Gasteiger partial charge in [0.2, 0.25) is 5.95 Å². The third-order valence-corrected chi connectivity index (χ3v) is 27.9. The number of aromatic nitrogens is 6. The molecule has 0 fully saturated rings. The van der Waals surface area contributed by atoms with Gasteiger partial charge >= 0.3 is 0 Å². The fourth-order valence-corrected chi connectivity index (χ4v) is 25.2. The Morgan fingerprint density at radius 1 is 0.241 bits per heavy atom. The second-order valence-electron chi connectivity index (χ2n) is 22.2. The van der Waals surface area contributed by atoms with Crippen LogP contribution < -0.4 is 41.5 Å². The minimum atomic E-state index is -2.83. The Bertz CT molecular complexity index is 4930. The van der Waals surface area contributed by atoms with Crippen molar-refractivity contribution < 1.29 is 0 Å². The normalized spacial score (nSPS) is 13.7. The van der Waals surface area contributed by atoms with Gasteiger partial charge < -0.3 is 9.13 Å². The SMILES string of the molecule is c1ccc([Si]2(c3ccccc3)c3ccccc3-n3c4ccc(-c5nc(-c6ccc7c(c6)c6cccc8c6n7-c6ccccc6[Si]8(c6ccccc6)c6ccccc6)nc(-n6c7ccccc7c7ccccc76)n5)cc4c4cccc2c43)cc1. The molecule has 2 aliphatic heterocycles. The summed E-state index contributed by atoms with van der Waals surface area (Å²) in [5, 5.41) is 18.0. The summed E-state index contributed by atoms with van der Waals surface area (Å²) in [5.41, 5.74) is 11.2. The Morgan fingerprint density at radius 2 is 0.578 bits per heavy atom. The third kappa shape index (κ3) is 6.22. The quantitative estimate of drug-likeness (QED) is 0.149. The number of hydrogen-bond donors (Lipinski definition) is 0. The van der Waals surface area contributed by atoms with Crippen molar-refractivity contribution in [1.29, 1.82) is 0 Å². The summed E-state index contributed by atoms with van der Waals surface area (Å²) in [6, 6.07) is 108. The smallest absolute Gasteiger partial charge is 0.238 e. The Balaban J connectivity index is 0.887. The highest BCUT2D eigenvalue weighted by Gasteiger charge is 2.49. The van der Waals surface area contributed by atoms with Crippen LogP contribution in [0.4, 0.5) is 0 Å². The molecule has 0 saturated carbocycles. The third-order valence-electron chi connectivity index (χ3n) is 18.2. The largest absolute Gasteiger partial charge is 0.309 e. The fraction of sp³-hybridized carbons (Fsp3) is 0. The number of benzene rings is 12. The number of fused-ring (bicyclic) bond motifs is 13. The van der Waals surface area contributed by atoms with Gasteiger partial charge in [0, 0.05) is 54.8 Å². The first-order valence-corrected chi connectivity index (χ1v) is 32.5. The fourth-order valence-electron chi connectivity index (χ4n) is 15.0. The van der Waals surface area contributed by atoms with E-state index in [1.54, 1.807) is 0 Å². The zero-order chi connectivity index (χ0) is 54.4. The minimum Gasteiger partial charge on any atom is -0.309 e. The van der Waals surface area contributed by atoms with Crippen LogP contribution in [0, 0.1) is 0 Å². The van der Waals surface area contributed by atoms with Crippen LogP contribution in [0.25, 0.3) is 106 Å². The molecule has 0 spiro atoms. The Labute approximate surface area is 480 Å². The molecule has 0 bridgehead atoms. The molecular weight excluding hydrogens is 1040 g/mol. The summed E-state index contributed by atoms with van der Waals surface area (Å²) in [6.07, 6.45) is 0. The molecule has 0 atom stereocenters. The van der Waals surface area contributed by atoms with Crippen LogP contribution in [0.2, 0.25) is 0 Å². The highest BCUT2D eigenvalue weighted by Crippen LogP contribution is 2.41. The van der Waals surface area contributed by atoms with Gasteiger partial charge in [-0.25, -0.2) is 4.98 Å². The first kappa shape index (κ1) is 46.3. The van der Waals surface area contributed by atoms with Gasteiger partial charge in [0.25, 0.3) is 0 Å². The maximum absolute atomic E-state index is 5.57. The first-order chi connectivity index (χ1) is 41.2. The van der Waals surface area contributed by atoms with Crippen LogP contribution >= 0.6 is 0 Å². The number of para-hydroxylation sites is 6. The summed E-state index contributed by atoms with van der Waals surface area (Å²) in [4.78, 5) is 16.7. The highest BCUT2D eigenvalue weighted by molar-refractivity contribution is 7.22. The Hall–Kier alpha value is -10.5. The molecule has 6 heterocycles. The van der Waals surface area contributed by atoms with Crippen molar-refractivity contribution in [3.63, 3.8) is 0 Å². The Morgan fingerprint density at radius 3 is 1.00 bits per heavy atom. The lowest BCUT2D eigenvalue weighted by Gasteiger charge is -2.39. The van der Waals surface area contributed by atoms with Gasteiger partial charge in [0.05, 0.1) is 33.1 Å². The van der Waals surface area contributed by atoms with Crippen molar-refractivity contribution in [1.82, 2.24) is 28.7 Å². The molecule has 6 nitrogen and oxygen atoms in total. The summed E-state index contributed by atoms with van der Waals surface area (Å²) < 4.78 is 7.27. The molecule has 18 rings (SSSR count). The van der Waals surface area contributed by atoms with Gasteiger partial charge in [-0.2, -0.15) is 9.97 Å². The van der Waals surface area contributed by atoms with Crippen LogP contribution in [0.15, 0.2) is 291 Å². The zero-order valence-corrected chi connectivity index (χ0v) is 46.9. The van der Waals surface area contributed by atoms with Gasteiger partial charge in [-0.3, -0.25) is 4.57 Å². The molecule has 0 saturated heterocycles. The average Bonchev–Trinajstić information content (AvgIpc) is 4.36. The summed E-state index contributed by atoms with van der Waals surface area (Å²) in [6.45, 7) is 0. The van der Waals surface area contributed by atoms with Crippen molar-refractivity contribution in [3.05, 3.63) is 291 Å². The van der Waals surface area contributed by atoms with Crippen molar-refractivity contribution in [2.75, 3.05) is 0 Å². The van der Waals surface area contributed by atoms with Crippen molar-refractivity contribution in [2.24, 2.45) is 0 Å². The van der Waals surface area contributed by atoms with E-state index in [1.165, 1.54) is 74.7 Å². The lowest BCUT2D eigenvalue weighted by atomic mass is 10.1. The van der Waals surface area contributed by atoms with E-state index in [-0.39, 0.29) is 0 Å². The molecule has 0 N–H and O–H groups in total. The first-order valence-electron chi connectivity index (χ1n) is 28.5. The molecule has 12 aromatic carbocycles. The van der Waals surface area contributed by atoms with Gasteiger partial charge in [0.1, 0.15) is 0 Å². The summed E-state index contributed by atoms with van der Waals surface area (Å²) in [5.74, 6) is 1.78. The van der Waals surface area contributed by atoms with Crippen LogP contribution in [-0.2, 0) is 0 Å². The van der Waals surface area contributed by atoms with E-state index in [0.717, 1.165) is 54.7 Å². The molecule has 386 valence electrons. The molecule has 0 radical (unpaired) electrons. The van der Waals surface area contributed by atoms with Crippen molar-refractivity contribution in [2.45, 2.75) is 0 Å². The van der Waals surface area contributed by atoms with E-state index in [4.69, 9.17) is 15.0 Å². The molecule has 0 unspecified atom stereocenters. The van der Waals surface area contributed by atoms with E-state index in [2.05, 4.69) is 305 Å². The maximum atomic E-state index is 5.57. The maximum Gasteiger partial charge on any atom is 0.238 e. The number of hydrogen-bond acceptors (Lipinski definition) is 3. The van der Waals surface area contributed by atoms with Crippen LogP contribution in [0.3, 0.4) is 0 Å². The molecule has 0 aliphatic carbocycles. The minimum absolute atomic E-state index is 0.568. The Kier molecular flexibility index (Phi) is 9.75. The predicted octanol–water partition coefficient (Wildman–Crippen LogP) is 11.9. The van der Waals surface area contributed by atoms with Crippen LogP contribution in [0.1, 0.15) is 0 Å². The molecule has 16 aromatic rings. The molecular formula is C75H48N6Si2. The van der Waals surface area contributed by atoms with Crippen molar-refractivity contribution >= 4 is 123 Å². The molecule has 4 aromatic heterocycles. The predicted molar refractivity (Wildman–Crippen MR) is 348 cm³/mol. The summed E-state index contributed by atoms with van der Waals surface area (Å²) in [7, 11) is -5.65. The number of rotatable bonds is 7. The topological polar surface area (TPSA) is 53.5 Å².